The molecule has 0 aromatic heterocycles. The first-order valence-electron chi connectivity index (χ1n) is 24.3. The summed E-state index contributed by atoms with van der Waals surface area (Å²) in [6.45, 7) is 6.57. The van der Waals surface area contributed by atoms with Crippen LogP contribution in [0.3, 0.4) is 0 Å². The molecule has 1 heterocycles. The number of aliphatic hydroxyl groups is 4. The zero-order valence-corrected chi connectivity index (χ0v) is 43.2. The Kier molecular flexibility index (Phi) is 16.6. The van der Waals surface area contributed by atoms with Crippen LogP contribution in [-0.4, -0.2) is 136 Å². The number of amides is 1. The number of ketones is 1. The lowest BCUT2D eigenvalue weighted by atomic mass is 9.44. The first kappa shape index (κ1) is 57.0. The van der Waals surface area contributed by atoms with E-state index in [1.165, 1.54) is 39.8 Å². The number of nitrogens with two attached hydrogens (primary N) is 1. The van der Waals surface area contributed by atoms with Gasteiger partial charge in [0.15, 0.2) is 23.6 Å². The summed E-state index contributed by atoms with van der Waals surface area (Å²) in [5, 5.41) is 52.5. The molecule has 3 unspecified atom stereocenters. The van der Waals surface area contributed by atoms with Crippen LogP contribution in [-0.2, 0) is 53.0 Å². The molecule has 4 aromatic carbocycles. The van der Waals surface area contributed by atoms with Gasteiger partial charge in [-0.15, -0.1) is 0 Å². The number of carbonyl (C=O) groups is 6. The summed E-state index contributed by atoms with van der Waals surface area (Å²) in [6.07, 6.45) is -12.9. The number of fused-ring (bicyclic) bond motifs is 5. The number of esters is 4. The largest absolute Gasteiger partial charge is 0.748 e. The molecular formula is C55H61N2O18S-. The Morgan fingerprint density at radius 2 is 1.29 bits per heavy atom. The monoisotopic (exact) mass is 1070 g/mol. The van der Waals surface area contributed by atoms with Gasteiger partial charge in [-0.25, -0.2) is 22.8 Å². The fourth-order valence-electron chi connectivity index (χ4n) is 11.3. The molecule has 20 nitrogen and oxygen atoms in total. The van der Waals surface area contributed by atoms with Crippen LogP contribution in [0.2, 0.25) is 0 Å². The van der Waals surface area contributed by atoms with E-state index in [0.29, 0.717) is 17.4 Å². The van der Waals surface area contributed by atoms with Crippen molar-refractivity contribution >= 4 is 45.7 Å². The van der Waals surface area contributed by atoms with Gasteiger partial charge < -0.3 is 59.7 Å². The Morgan fingerprint density at radius 3 is 1.80 bits per heavy atom. The van der Waals surface area contributed by atoms with Crippen LogP contribution in [0.1, 0.15) is 91.4 Å². The molecule has 4 aromatic rings. The first-order chi connectivity index (χ1) is 35.7. The predicted octanol–water partition coefficient (Wildman–Crippen LogP) is 2.94. The second kappa shape index (κ2) is 22.1. The quantitative estimate of drug-likeness (QED) is 0.0485. The van der Waals surface area contributed by atoms with E-state index in [9.17, 15) is 44.4 Å². The minimum atomic E-state index is -3.92. The first-order valence-corrected chi connectivity index (χ1v) is 26.1. The third kappa shape index (κ3) is 11.0. The molecule has 1 aliphatic heterocycles. The van der Waals surface area contributed by atoms with Crippen LogP contribution in [0.25, 0.3) is 0 Å². The number of hydrogen-bond donors (Lipinski definition) is 6. The second-order valence-electron chi connectivity index (χ2n) is 20.3. The minimum Gasteiger partial charge on any atom is -0.748 e. The predicted molar refractivity (Wildman–Crippen MR) is 267 cm³/mol. The van der Waals surface area contributed by atoms with E-state index < -0.39 is 141 Å². The third-order valence-electron chi connectivity index (χ3n) is 15.2. The van der Waals surface area contributed by atoms with Crippen LogP contribution in [0.4, 0.5) is 0 Å². The van der Waals surface area contributed by atoms with Gasteiger partial charge in [-0.05, 0) is 60.4 Å². The highest BCUT2D eigenvalue weighted by atomic mass is 32.2. The van der Waals surface area contributed by atoms with Crippen LogP contribution in [0.5, 0.6) is 0 Å². The fourth-order valence-corrected chi connectivity index (χ4v) is 11.3. The minimum absolute atomic E-state index is 0.0159. The number of Topliss-reactive ketones (excluding diaryl/α,β-unsaturated/α-hetero) is 1. The highest BCUT2D eigenvalue weighted by molar-refractivity contribution is 7.84. The maximum absolute atomic E-state index is 15.8. The van der Waals surface area contributed by atoms with Crippen molar-refractivity contribution in [1.29, 1.82) is 0 Å². The molecule has 2 bridgehead atoms. The Bertz CT molecular complexity index is 2950. The molecule has 4 aliphatic rings. The molecule has 406 valence electrons. The zero-order chi connectivity index (χ0) is 55.7. The summed E-state index contributed by atoms with van der Waals surface area (Å²) in [6, 6.07) is 29.6. The van der Waals surface area contributed by atoms with E-state index in [2.05, 4.69) is 5.32 Å². The fraction of sp³-hybridized carbons (Fsp3) is 0.418. The van der Waals surface area contributed by atoms with Crippen molar-refractivity contribution in [1.82, 2.24) is 5.32 Å². The van der Waals surface area contributed by atoms with Crippen molar-refractivity contribution in [2.24, 2.45) is 22.5 Å². The Labute approximate surface area is 438 Å². The van der Waals surface area contributed by atoms with E-state index in [0.717, 1.165) is 6.92 Å². The van der Waals surface area contributed by atoms with E-state index in [1.807, 2.05) is 0 Å². The number of carbonyl (C=O) groups excluding carboxylic acids is 6. The van der Waals surface area contributed by atoms with E-state index in [-0.39, 0.29) is 28.7 Å². The van der Waals surface area contributed by atoms with E-state index in [1.54, 1.807) is 109 Å². The summed E-state index contributed by atoms with van der Waals surface area (Å²) in [7, 11) is -3.92. The highest BCUT2D eigenvalue weighted by Crippen LogP contribution is 2.64. The molecule has 3 fully saturated rings. The summed E-state index contributed by atoms with van der Waals surface area (Å²) in [5.41, 5.74) is -1.11. The number of benzene rings is 4. The number of ether oxygens (including phenoxy) is 5. The van der Waals surface area contributed by atoms with Gasteiger partial charge in [0.05, 0.1) is 45.7 Å². The Morgan fingerprint density at radius 1 is 0.789 bits per heavy atom. The average molecular weight is 1070 g/mol. The molecule has 1 amide bonds. The van der Waals surface area contributed by atoms with Gasteiger partial charge in [-0.3, -0.25) is 14.4 Å². The van der Waals surface area contributed by atoms with Crippen molar-refractivity contribution < 1.29 is 85.8 Å². The number of nitrogens with one attached hydrogen (secondary N) is 1. The van der Waals surface area contributed by atoms with Crippen molar-refractivity contribution in [3.63, 3.8) is 0 Å². The van der Waals surface area contributed by atoms with Crippen molar-refractivity contribution in [3.8, 4) is 0 Å². The lowest BCUT2D eigenvalue weighted by Crippen LogP contribution is -2.82. The van der Waals surface area contributed by atoms with Gasteiger partial charge in [0.25, 0.3) is 5.91 Å². The van der Waals surface area contributed by atoms with Gasteiger partial charge in [0.1, 0.15) is 36.1 Å². The maximum atomic E-state index is 15.8. The van der Waals surface area contributed by atoms with E-state index >= 15 is 4.79 Å². The molecular weight excluding hydrogens is 1010 g/mol. The molecule has 2 saturated carbocycles. The molecule has 0 radical (unpaired) electrons. The van der Waals surface area contributed by atoms with Crippen molar-refractivity contribution in [2.75, 3.05) is 12.9 Å². The number of hydrogen-bond acceptors (Lipinski definition) is 19. The number of aliphatic hydroxyl groups excluding tert-OH is 3. The zero-order valence-electron chi connectivity index (χ0n) is 42.4. The lowest BCUT2D eigenvalue weighted by molar-refractivity contribution is -0.346. The summed E-state index contributed by atoms with van der Waals surface area (Å²) in [4.78, 5) is 85.6. The van der Waals surface area contributed by atoms with Crippen LogP contribution < -0.4 is 11.1 Å². The smallest absolute Gasteiger partial charge is 0.338 e. The third-order valence-corrected chi connectivity index (χ3v) is 15.2. The topological polar surface area (TPSA) is 325 Å². The maximum Gasteiger partial charge on any atom is 0.338 e. The summed E-state index contributed by atoms with van der Waals surface area (Å²) in [5.74, 6) is -7.70. The normalized spacial score (nSPS) is 29.0. The van der Waals surface area contributed by atoms with Gasteiger partial charge >= 0.3 is 23.9 Å². The lowest BCUT2D eigenvalue weighted by Gasteiger charge is -2.67. The summed E-state index contributed by atoms with van der Waals surface area (Å²) < 4.78 is 58.1. The molecule has 0 spiro atoms. The second-order valence-corrected chi connectivity index (χ2v) is 21.7. The van der Waals surface area contributed by atoms with Crippen LogP contribution in [0.15, 0.2) is 132 Å². The van der Waals surface area contributed by atoms with Gasteiger partial charge in [0.2, 0.25) is 0 Å². The number of rotatable bonds is 13. The molecule has 1 saturated heterocycles. The molecule has 76 heavy (non-hydrogen) atoms. The van der Waals surface area contributed by atoms with Crippen LogP contribution >= 0.6 is 0 Å². The van der Waals surface area contributed by atoms with Gasteiger partial charge in [0, 0.05) is 37.0 Å². The Balaban J connectivity index is 0.00000160. The van der Waals surface area contributed by atoms with Gasteiger partial charge in [-0.2, -0.15) is 0 Å². The van der Waals surface area contributed by atoms with Crippen LogP contribution in [0, 0.1) is 16.7 Å². The average Bonchev–Trinajstić information content (AvgIpc) is 3.38. The molecule has 13 atom stereocenters. The standard InChI is InChI=1S/C54H58N2O15.CH4O3S/c1-29-35(68-50(65)43(60)40(32-20-12-7-13-21-32)56-47(62)33-22-14-8-15-23-33)27-54(66)46(70-48(63)34-24-16-9-17-25-34)44-52(5,45(61)41(58)38(29)51(54,3)4)36(26-37-53(44,28-67-37)71-30(2)57)69-49(64)42(59)39(55)31-18-10-6-11-19-31;1-5(2,3)4/h6-25,35-37,39-44,46,58-60,66H,26-28,55H2,1-5H3,(H,56,62);1H3,(H,2,3,4)/p-1/t35-,36-,37+,39?,40-,41+,42?,43+,44?,46-,52+,53-,54+;/m0./s1. The SMILES string of the molecule is CC(=O)O[C@@]12CO[C@@H]1C[C@H](OC(=O)C(O)C(N)c1ccccc1)[C@@]1(C)C(=O)[C@H](O)C3=C(C)[C@@H](OC(=O)[C@H](O)[C@@H](NC(=O)c4ccccc4)c4ccccc4)C[C@@](O)([C@@H](OC(=O)c4ccccc4)C12)C3(C)C.CS(=O)(=O)[O-]. The van der Waals surface area contributed by atoms with Crippen molar-refractivity contribution in [2.45, 2.75) is 113 Å². The van der Waals surface area contributed by atoms with E-state index in [4.69, 9.17) is 42.4 Å². The summed E-state index contributed by atoms with van der Waals surface area (Å²) >= 11 is 0. The van der Waals surface area contributed by atoms with Crippen molar-refractivity contribution in [3.05, 3.63) is 155 Å². The van der Waals surface area contributed by atoms with Gasteiger partial charge in [-0.1, -0.05) is 111 Å². The molecule has 8 rings (SSSR count). The Hall–Kier alpha value is -6.69. The molecule has 7 N–H and O–H groups in total. The molecule has 3 aliphatic carbocycles. The highest BCUT2D eigenvalue weighted by Gasteiger charge is 2.79. The molecule has 21 heteroatoms.